The molecule has 6 nitrogen and oxygen atoms in total. The standard InChI is InChI=1S/C14H15N3O3S/c1-20-8-6-17-10-11(9-15-17)16-14(19)13-5-4-12(21-13)3-2-7-18/h4-5,9-10,18H,6-8H2,1H3,(H,16,19). The predicted octanol–water partition coefficient (Wildman–Crippen LogP) is 1.19. The Morgan fingerprint density at radius 1 is 1.57 bits per heavy atom. The number of carbonyl (C=O) groups is 1. The number of hydrogen-bond acceptors (Lipinski definition) is 5. The second-order valence-corrected chi connectivity index (χ2v) is 5.15. The monoisotopic (exact) mass is 305 g/mol. The lowest BCUT2D eigenvalue weighted by Crippen LogP contribution is -2.09. The highest BCUT2D eigenvalue weighted by Gasteiger charge is 2.10. The summed E-state index contributed by atoms with van der Waals surface area (Å²) in [5, 5.41) is 15.5. The van der Waals surface area contributed by atoms with Crippen LogP contribution in [0.1, 0.15) is 14.5 Å². The van der Waals surface area contributed by atoms with Crippen molar-refractivity contribution in [2.75, 3.05) is 25.6 Å². The minimum absolute atomic E-state index is 0.194. The molecule has 2 N–H and O–H groups in total. The highest BCUT2D eigenvalue weighted by molar-refractivity contribution is 7.14. The van der Waals surface area contributed by atoms with Crippen molar-refractivity contribution in [1.82, 2.24) is 9.78 Å². The molecule has 7 heteroatoms. The molecule has 2 aromatic heterocycles. The molecule has 0 saturated heterocycles. The maximum atomic E-state index is 12.1. The number of rotatable bonds is 5. The Bertz CT molecular complexity index is 666. The Balaban J connectivity index is 1.97. The molecule has 0 spiro atoms. The van der Waals surface area contributed by atoms with E-state index in [0.29, 0.717) is 23.7 Å². The van der Waals surface area contributed by atoms with E-state index in [1.165, 1.54) is 11.3 Å². The Morgan fingerprint density at radius 3 is 3.19 bits per heavy atom. The van der Waals surface area contributed by atoms with Gasteiger partial charge in [-0.15, -0.1) is 11.3 Å². The number of aliphatic hydroxyl groups excluding tert-OH is 1. The third-order valence-corrected chi connectivity index (χ3v) is 3.54. The van der Waals surface area contributed by atoms with Crippen molar-refractivity contribution in [2.24, 2.45) is 0 Å². The summed E-state index contributed by atoms with van der Waals surface area (Å²) in [7, 11) is 1.63. The van der Waals surface area contributed by atoms with Gasteiger partial charge in [0.15, 0.2) is 0 Å². The van der Waals surface area contributed by atoms with Gasteiger partial charge in [-0.1, -0.05) is 11.8 Å². The summed E-state index contributed by atoms with van der Waals surface area (Å²) in [6.07, 6.45) is 3.34. The van der Waals surface area contributed by atoms with Crippen LogP contribution in [0.15, 0.2) is 24.5 Å². The van der Waals surface area contributed by atoms with Gasteiger partial charge in [0.05, 0.1) is 34.8 Å². The zero-order valence-corrected chi connectivity index (χ0v) is 12.3. The zero-order valence-electron chi connectivity index (χ0n) is 11.5. The second-order valence-electron chi connectivity index (χ2n) is 4.06. The number of anilines is 1. The number of nitrogens with one attached hydrogen (secondary N) is 1. The number of methoxy groups -OCH3 is 1. The van der Waals surface area contributed by atoms with Gasteiger partial charge in [0.25, 0.3) is 5.91 Å². The summed E-state index contributed by atoms with van der Waals surface area (Å²) in [6.45, 7) is 0.999. The van der Waals surface area contributed by atoms with Crippen molar-refractivity contribution in [3.05, 3.63) is 34.3 Å². The molecule has 110 valence electrons. The number of carbonyl (C=O) groups excluding carboxylic acids is 1. The van der Waals surface area contributed by atoms with Crippen molar-refractivity contribution in [3.8, 4) is 11.8 Å². The van der Waals surface area contributed by atoms with Crippen molar-refractivity contribution in [2.45, 2.75) is 6.54 Å². The Labute approximate surface area is 126 Å². The third-order valence-electron chi connectivity index (χ3n) is 2.54. The van der Waals surface area contributed by atoms with Crippen LogP contribution in [0, 0.1) is 11.8 Å². The van der Waals surface area contributed by atoms with Gasteiger partial charge in [0, 0.05) is 13.3 Å². The zero-order chi connectivity index (χ0) is 15.1. The lowest BCUT2D eigenvalue weighted by Gasteiger charge is -2.00. The molecule has 1 amide bonds. The van der Waals surface area contributed by atoms with Gasteiger partial charge < -0.3 is 15.2 Å². The van der Waals surface area contributed by atoms with E-state index >= 15 is 0 Å². The molecule has 2 rings (SSSR count). The lowest BCUT2D eigenvalue weighted by atomic mass is 10.4. The quantitative estimate of drug-likeness (QED) is 0.814. The van der Waals surface area contributed by atoms with Crippen LogP contribution in [0.2, 0.25) is 0 Å². The van der Waals surface area contributed by atoms with Crippen LogP contribution in [0.4, 0.5) is 5.69 Å². The minimum atomic E-state index is -0.205. The average Bonchev–Trinajstić information content (AvgIpc) is 3.12. The number of hydrogen-bond donors (Lipinski definition) is 2. The van der Waals surface area contributed by atoms with Crippen LogP contribution in [0.5, 0.6) is 0 Å². The molecule has 0 atom stereocenters. The first-order valence-electron chi connectivity index (χ1n) is 6.25. The molecule has 2 aromatic rings. The summed E-state index contributed by atoms with van der Waals surface area (Å²) >= 11 is 1.28. The van der Waals surface area contributed by atoms with Crippen molar-refractivity contribution < 1.29 is 14.6 Å². The lowest BCUT2D eigenvalue weighted by molar-refractivity contribution is 0.103. The number of nitrogens with zero attached hydrogens (tertiary/aromatic N) is 2. The Hall–Kier alpha value is -2.14. The van der Waals surface area contributed by atoms with Crippen molar-refractivity contribution in [1.29, 1.82) is 0 Å². The smallest absolute Gasteiger partial charge is 0.265 e. The van der Waals surface area contributed by atoms with Gasteiger partial charge in [0.2, 0.25) is 0 Å². The average molecular weight is 305 g/mol. The van der Waals surface area contributed by atoms with Gasteiger partial charge in [-0.05, 0) is 12.1 Å². The first kappa shape index (κ1) is 15.3. The number of amides is 1. The SMILES string of the molecule is COCCn1cc(NC(=O)c2ccc(C#CCO)s2)cn1. The molecule has 21 heavy (non-hydrogen) atoms. The number of thiophene rings is 1. The van der Waals surface area contributed by atoms with Crippen LogP contribution in [-0.2, 0) is 11.3 Å². The molecule has 0 radical (unpaired) electrons. The normalized spacial score (nSPS) is 10.0. The number of ether oxygens (including phenoxy) is 1. The molecule has 2 heterocycles. The second kappa shape index (κ2) is 7.59. The van der Waals surface area contributed by atoms with Crippen LogP contribution in [-0.4, -0.2) is 41.1 Å². The predicted molar refractivity (Wildman–Crippen MR) is 80.3 cm³/mol. The summed E-state index contributed by atoms with van der Waals surface area (Å²) in [4.78, 5) is 13.4. The fraction of sp³-hybridized carbons (Fsp3) is 0.286. The van der Waals surface area contributed by atoms with E-state index < -0.39 is 0 Å². The van der Waals surface area contributed by atoms with Gasteiger partial charge in [-0.3, -0.25) is 9.48 Å². The van der Waals surface area contributed by atoms with Gasteiger partial charge in [-0.25, -0.2) is 0 Å². The van der Waals surface area contributed by atoms with E-state index in [1.807, 2.05) is 0 Å². The molecule has 0 aliphatic heterocycles. The Morgan fingerprint density at radius 2 is 2.43 bits per heavy atom. The van der Waals surface area contributed by atoms with E-state index in [0.717, 1.165) is 4.88 Å². The van der Waals surface area contributed by atoms with Crippen LogP contribution in [0.3, 0.4) is 0 Å². The van der Waals surface area contributed by atoms with Crippen molar-refractivity contribution in [3.63, 3.8) is 0 Å². The molecule has 0 saturated carbocycles. The fourth-order valence-corrected chi connectivity index (χ4v) is 2.36. The van der Waals surface area contributed by atoms with E-state index in [1.54, 1.807) is 36.3 Å². The van der Waals surface area contributed by atoms with Crippen molar-refractivity contribution >= 4 is 22.9 Å². The summed E-state index contributed by atoms with van der Waals surface area (Å²) in [5.41, 5.74) is 0.632. The Kier molecular flexibility index (Phi) is 5.51. The van der Waals surface area contributed by atoms with Crippen LogP contribution in [0.25, 0.3) is 0 Å². The summed E-state index contributed by atoms with van der Waals surface area (Å²) in [6, 6.07) is 3.46. The fourth-order valence-electron chi connectivity index (χ4n) is 1.58. The van der Waals surface area contributed by atoms with E-state index in [4.69, 9.17) is 9.84 Å². The van der Waals surface area contributed by atoms with Crippen LogP contribution >= 0.6 is 11.3 Å². The van der Waals surface area contributed by atoms with Gasteiger partial charge in [0.1, 0.15) is 6.61 Å². The topological polar surface area (TPSA) is 76.4 Å². The van der Waals surface area contributed by atoms with Crippen LogP contribution < -0.4 is 5.32 Å². The van der Waals surface area contributed by atoms with Gasteiger partial charge in [-0.2, -0.15) is 5.10 Å². The molecular formula is C14H15N3O3S. The maximum absolute atomic E-state index is 12.1. The highest BCUT2D eigenvalue weighted by atomic mass is 32.1. The highest BCUT2D eigenvalue weighted by Crippen LogP contribution is 2.17. The maximum Gasteiger partial charge on any atom is 0.265 e. The summed E-state index contributed by atoms with van der Waals surface area (Å²) < 4.78 is 6.66. The third kappa shape index (κ3) is 4.43. The van der Waals surface area contributed by atoms with E-state index in [9.17, 15) is 4.79 Å². The van der Waals surface area contributed by atoms with E-state index in [2.05, 4.69) is 22.3 Å². The molecule has 0 aliphatic rings. The number of aromatic nitrogens is 2. The largest absolute Gasteiger partial charge is 0.384 e. The first-order valence-corrected chi connectivity index (χ1v) is 7.07. The molecule has 0 aromatic carbocycles. The minimum Gasteiger partial charge on any atom is -0.384 e. The molecule has 0 bridgehead atoms. The van der Waals surface area contributed by atoms with Gasteiger partial charge >= 0.3 is 0 Å². The molecule has 0 aliphatic carbocycles. The first-order chi connectivity index (χ1) is 10.2. The van der Waals surface area contributed by atoms with E-state index in [-0.39, 0.29) is 12.5 Å². The molecular weight excluding hydrogens is 290 g/mol. The number of aliphatic hydroxyl groups is 1. The molecule has 0 unspecified atom stereocenters. The molecule has 0 fully saturated rings. The summed E-state index contributed by atoms with van der Waals surface area (Å²) in [5.74, 6) is 5.11.